The number of imidazole rings is 1. The third-order valence-electron chi connectivity index (χ3n) is 9.57. The molecule has 6 bridgehead atoms. The van der Waals surface area contributed by atoms with E-state index in [2.05, 4.69) is 39.1 Å². The zero-order valence-electron chi connectivity index (χ0n) is 29.6. The van der Waals surface area contributed by atoms with E-state index in [1.807, 2.05) is 58.2 Å². The third-order valence-corrected chi connectivity index (χ3v) is 10.5. The lowest BCUT2D eigenvalue weighted by molar-refractivity contribution is -0.164. The smallest absolute Gasteiger partial charge is 0.339 e. The molecule has 2 aromatic heterocycles. The molecule has 10 heteroatoms. The molecule has 2 atom stereocenters. The quantitative estimate of drug-likeness (QED) is 0.194. The summed E-state index contributed by atoms with van der Waals surface area (Å²) in [5.74, 6) is 0.693. The van der Waals surface area contributed by atoms with Crippen LogP contribution in [-0.2, 0) is 19.0 Å². The Morgan fingerprint density at radius 2 is 1.86 bits per heavy atom. The summed E-state index contributed by atoms with van der Waals surface area (Å²) in [6.07, 6.45) is 5.38. The average Bonchev–Trinajstić information content (AvgIpc) is 3.51. The molecule has 0 amide bonds. The summed E-state index contributed by atoms with van der Waals surface area (Å²) in [6.45, 7) is 14.2. The zero-order chi connectivity index (χ0) is 35.1. The van der Waals surface area contributed by atoms with Crippen molar-refractivity contribution in [1.29, 1.82) is 0 Å². The van der Waals surface area contributed by atoms with Crippen molar-refractivity contribution in [3.8, 4) is 28.1 Å². The molecular formula is C39H47BrFN3O5. The number of halogens is 2. The van der Waals surface area contributed by atoms with Gasteiger partial charge < -0.3 is 23.8 Å². The first-order chi connectivity index (χ1) is 23.3. The van der Waals surface area contributed by atoms with Crippen LogP contribution in [0.1, 0.15) is 84.0 Å². The van der Waals surface area contributed by atoms with Gasteiger partial charge in [-0.05, 0) is 125 Å². The second kappa shape index (κ2) is 14.0. The molecule has 5 heterocycles. The van der Waals surface area contributed by atoms with Crippen molar-refractivity contribution in [1.82, 2.24) is 9.38 Å². The highest BCUT2D eigenvalue weighted by Crippen LogP contribution is 2.43. The maximum absolute atomic E-state index is 14.7. The number of esters is 1. The number of rotatable bonds is 3. The predicted molar refractivity (Wildman–Crippen MR) is 194 cm³/mol. The molecule has 2 aromatic carbocycles. The summed E-state index contributed by atoms with van der Waals surface area (Å²) >= 11 is 3.85. The van der Waals surface area contributed by atoms with Crippen molar-refractivity contribution >= 4 is 33.4 Å². The molecule has 49 heavy (non-hydrogen) atoms. The van der Waals surface area contributed by atoms with Gasteiger partial charge in [0.15, 0.2) is 11.8 Å². The van der Waals surface area contributed by atoms with Crippen LogP contribution in [0.2, 0.25) is 0 Å². The number of methoxy groups -OCH3 is 1. The van der Waals surface area contributed by atoms with E-state index in [4.69, 9.17) is 23.9 Å². The van der Waals surface area contributed by atoms with Gasteiger partial charge in [0, 0.05) is 42.6 Å². The lowest BCUT2D eigenvalue weighted by atomic mass is 9.92. The van der Waals surface area contributed by atoms with Gasteiger partial charge in [0.05, 0.1) is 34.6 Å². The Hall–Kier alpha value is -3.47. The summed E-state index contributed by atoms with van der Waals surface area (Å²) in [5, 5.41) is 0. The molecule has 0 aliphatic carbocycles. The van der Waals surface area contributed by atoms with E-state index in [-0.39, 0.29) is 17.5 Å². The van der Waals surface area contributed by atoms with E-state index in [0.29, 0.717) is 17.9 Å². The highest BCUT2D eigenvalue weighted by molar-refractivity contribution is 9.10. The first kappa shape index (κ1) is 35.4. The van der Waals surface area contributed by atoms with Gasteiger partial charge in [-0.3, -0.25) is 4.40 Å². The average molecular weight is 737 g/mol. The zero-order valence-corrected chi connectivity index (χ0v) is 31.2. The van der Waals surface area contributed by atoms with E-state index in [0.717, 1.165) is 89.1 Å². The number of ether oxygens (including phenoxy) is 4. The molecule has 8 nitrogen and oxygen atoms in total. The van der Waals surface area contributed by atoms with Gasteiger partial charge in [0.25, 0.3) is 0 Å². The van der Waals surface area contributed by atoms with Crippen molar-refractivity contribution < 1.29 is 28.1 Å². The summed E-state index contributed by atoms with van der Waals surface area (Å²) in [6, 6.07) is 12.6. The van der Waals surface area contributed by atoms with Crippen LogP contribution in [0.5, 0.6) is 5.75 Å². The Bertz CT molecular complexity index is 1840. The van der Waals surface area contributed by atoms with Crippen molar-refractivity contribution in [2.75, 3.05) is 31.7 Å². The number of anilines is 1. The first-order valence-corrected chi connectivity index (χ1v) is 18.0. The van der Waals surface area contributed by atoms with Gasteiger partial charge in [-0.2, -0.15) is 0 Å². The van der Waals surface area contributed by atoms with Crippen LogP contribution in [0.25, 0.3) is 28.0 Å². The minimum atomic E-state index is -0.973. The maximum atomic E-state index is 14.7. The number of piperidine rings is 1. The number of hydrogen-bond acceptors (Lipinski definition) is 7. The Balaban J connectivity index is 1.57. The maximum Gasteiger partial charge on any atom is 0.339 e. The van der Waals surface area contributed by atoms with Crippen molar-refractivity contribution in [3.63, 3.8) is 0 Å². The molecule has 0 spiro atoms. The van der Waals surface area contributed by atoms with Crippen LogP contribution >= 0.6 is 15.9 Å². The molecule has 4 aromatic rings. The van der Waals surface area contributed by atoms with Crippen molar-refractivity contribution in [2.45, 2.75) is 97.1 Å². The largest absolute Gasteiger partial charge is 0.490 e. The SMILES string of the molecule is COC(=O)[C@@H](OC(C)(C)C)c1c(C)c(Br)c2nc3cn2c1N1CCC(C)(CC1)OCCCC[C@H](C)Oc1ccc(F)cc1-c1cccc-3c1. The minimum Gasteiger partial charge on any atom is -0.490 e. The summed E-state index contributed by atoms with van der Waals surface area (Å²) < 4.78 is 42.3. The summed E-state index contributed by atoms with van der Waals surface area (Å²) in [5.41, 5.74) is 4.53. The molecule has 3 aliphatic heterocycles. The predicted octanol–water partition coefficient (Wildman–Crippen LogP) is 9.23. The Labute approximate surface area is 297 Å². The standard InChI is InChI=1S/C39H47BrFN3O5/c1-24-11-8-9-20-47-39(6)16-18-43(19-17-39)36-32(34(37(45)46-7)49-38(3,4)5)25(2)33(40)35-42-30(23-44(35)36)27-13-10-12-26(21-27)29-22-28(41)14-15-31(29)48-24/h10,12-15,21-24,34H,8-9,11,16-20H2,1-7H3/t24-,34-/m0/s1. The monoisotopic (exact) mass is 735 g/mol. The van der Waals surface area contributed by atoms with Gasteiger partial charge in [-0.25, -0.2) is 14.2 Å². The fourth-order valence-electron chi connectivity index (χ4n) is 6.88. The van der Waals surface area contributed by atoms with Gasteiger partial charge in [0.1, 0.15) is 17.4 Å². The number of hydrogen-bond donors (Lipinski definition) is 0. The van der Waals surface area contributed by atoms with Crippen LogP contribution in [0.15, 0.2) is 53.1 Å². The fraction of sp³-hybridized carbons (Fsp3) is 0.487. The van der Waals surface area contributed by atoms with Crippen LogP contribution in [-0.4, -0.2) is 59.5 Å². The van der Waals surface area contributed by atoms with E-state index < -0.39 is 17.7 Å². The van der Waals surface area contributed by atoms with Gasteiger partial charge in [-0.1, -0.05) is 18.2 Å². The minimum absolute atomic E-state index is 0.0421. The Kier molecular flexibility index (Phi) is 10.1. The topological polar surface area (TPSA) is 74.5 Å². The second-order valence-electron chi connectivity index (χ2n) is 14.6. The summed E-state index contributed by atoms with van der Waals surface area (Å²) in [7, 11) is 1.39. The number of carbonyl (C=O) groups excluding carboxylic acids is 1. The summed E-state index contributed by atoms with van der Waals surface area (Å²) in [4.78, 5) is 21.0. The van der Waals surface area contributed by atoms with E-state index in [1.54, 1.807) is 6.07 Å². The van der Waals surface area contributed by atoms with Crippen LogP contribution in [0.4, 0.5) is 10.2 Å². The van der Waals surface area contributed by atoms with Crippen molar-refractivity contribution in [2.24, 2.45) is 0 Å². The highest BCUT2D eigenvalue weighted by atomic mass is 79.9. The lowest BCUT2D eigenvalue weighted by Gasteiger charge is -2.42. The van der Waals surface area contributed by atoms with Crippen molar-refractivity contribution in [3.05, 3.63) is 70.1 Å². The van der Waals surface area contributed by atoms with Gasteiger partial charge >= 0.3 is 5.97 Å². The molecule has 0 radical (unpaired) electrons. The normalized spacial score (nSPS) is 20.9. The molecule has 0 unspecified atom stereocenters. The lowest BCUT2D eigenvalue weighted by Crippen LogP contribution is -2.45. The van der Waals surface area contributed by atoms with E-state index in [9.17, 15) is 9.18 Å². The van der Waals surface area contributed by atoms with Gasteiger partial charge in [-0.15, -0.1) is 0 Å². The number of pyridine rings is 1. The second-order valence-corrected chi connectivity index (χ2v) is 15.4. The van der Waals surface area contributed by atoms with E-state index in [1.165, 1.54) is 19.2 Å². The molecule has 7 rings (SSSR count). The number of aromatic nitrogens is 2. The molecule has 0 saturated carbocycles. The Morgan fingerprint density at radius 3 is 2.57 bits per heavy atom. The molecule has 0 N–H and O–H groups in total. The molecule has 3 aliphatic rings. The van der Waals surface area contributed by atoms with E-state index >= 15 is 0 Å². The Morgan fingerprint density at radius 1 is 1.12 bits per heavy atom. The van der Waals surface area contributed by atoms with Gasteiger partial charge in [0.2, 0.25) is 0 Å². The van der Waals surface area contributed by atoms with Crippen LogP contribution < -0.4 is 9.64 Å². The number of carbonyl (C=O) groups is 1. The molecule has 1 saturated heterocycles. The first-order valence-electron chi connectivity index (χ1n) is 17.2. The molecule has 1 fully saturated rings. The number of fused-ring (bicyclic) bond motifs is 8. The third kappa shape index (κ3) is 7.51. The fourth-order valence-corrected chi connectivity index (χ4v) is 7.37. The highest BCUT2D eigenvalue weighted by Gasteiger charge is 2.38. The molecule has 262 valence electrons. The van der Waals surface area contributed by atoms with Crippen LogP contribution in [0.3, 0.4) is 0 Å². The number of nitrogens with zero attached hydrogens (tertiary/aromatic N) is 3. The van der Waals surface area contributed by atoms with Crippen LogP contribution in [0, 0.1) is 12.7 Å². The number of benzene rings is 2. The molecular weight excluding hydrogens is 689 g/mol.